The zero-order valence-electron chi connectivity index (χ0n) is 12.9. The number of fused-ring (bicyclic) bond motifs is 1. The van der Waals surface area contributed by atoms with Gasteiger partial charge in [-0.2, -0.15) is 0 Å². The van der Waals surface area contributed by atoms with Gasteiger partial charge in [-0.3, -0.25) is 14.9 Å². The molecule has 1 aliphatic rings. The fourth-order valence-corrected chi connectivity index (χ4v) is 2.61. The third-order valence-corrected chi connectivity index (χ3v) is 3.78. The van der Waals surface area contributed by atoms with Gasteiger partial charge in [0.1, 0.15) is 12.4 Å². The highest BCUT2D eigenvalue weighted by atomic mass is 16.6. The van der Waals surface area contributed by atoms with Crippen molar-refractivity contribution in [2.24, 2.45) is 0 Å². The molecule has 1 aromatic carbocycles. The summed E-state index contributed by atoms with van der Waals surface area (Å²) in [7, 11) is 0. The number of hydrogen-bond acceptors (Lipinski definition) is 6. The number of non-ortho nitro benzene ring substituents is 1. The van der Waals surface area contributed by atoms with Crippen LogP contribution in [0.5, 0.6) is 0 Å². The van der Waals surface area contributed by atoms with Gasteiger partial charge in [-0.25, -0.2) is 4.98 Å². The molecule has 8 nitrogen and oxygen atoms in total. The van der Waals surface area contributed by atoms with Crippen LogP contribution in [0.4, 0.5) is 11.5 Å². The molecule has 1 aromatic heterocycles. The highest BCUT2D eigenvalue weighted by Gasteiger charge is 2.16. The quantitative estimate of drug-likeness (QED) is 0.643. The molecule has 1 atom stereocenters. The normalized spacial score (nSPS) is 17.1. The van der Waals surface area contributed by atoms with E-state index in [-0.39, 0.29) is 24.3 Å². The molecule has 1 fully saturated rings. The minimum atomic E-state index is -0.461. The van der Waals surface area contributed by atoms with Crippen molar-refractivity contribution in [2.75, 3.05) is 25.1 Å². The number of benzene rings is 1. The number of nitro groups is 1. The molecule has 1 amide bonds. The van der Waals surface area contributed by atoms with Crippen molar-refractivity contribution < 1.29 is 19.2 Å². The molecule has 3 rings (SSSR count). The lowest BCUT2D eigenvalue weighted by atomic mass is 10.1. The fraction of sp³-hybridized carbons (Fsp3) is 0.375. The maximum Gasteiger partial charge on any atom is 0.270 e. The molecule has 1 N–H and O–H groups in total. The second kappa shape index (κ2) is 7.33. The van der Waals surface area contributed by atoms with E-state index < -0.39 is 4.92 Å². The van der Waals surface area contributed by atoms with Gasteiger partial charge in [-0.1, -0.05) is 0 Å². The summed E-state index contributed by atoms with van der Waals surface area (Å²) in [6, 6.07) is 6.06. The van der Waals surface area contributed by atoms with Crippen molar-refractivity contribution in [3.05, 3.63) is 40.6 Å². The van der Waals surface area contributed by atoms with E-state index in [4.69, 9.17) is 9.47 Å². The van der Waals surface area contributed by atoms with Crippen LogP contribution in [0.3, 0.4) is 0 Å². The van der Waals surface area contributed by atoms with Gasteiger partial charge in [-0.05, 0) is 30.4 Å². The Bertz CT molecular complexity index is 758. The Balaban J connectivity index is 1.63. The van der Waals surface area contributed by atoms with Gasteiger partial charge in [0.05, 0.1) is 17.6 Å². The Labute approximate surface area is 137 Å². The Morgan fingerprint density at radius 3 is 3.08 bits per heavy atom. The summed E-state index contributed by atoms with van der Waals surface area (Å²) in [6.45, 7) is 1.04. The van der Waals surface area contributed by atoms with E-state index in [1.807, 2.05) is 0 Å². The first-order valence-corrected chi connectivity index (χ1v) is 7.66. The van der Waals surface area contributed by atoms with E-state index in [2.05, 4.69) is 10.3 Å². The van der Waals surface area contributed by atoms with Crippen molar-refractivity contribution >= 4 is 28.2 Å². The molecule has 0 radical (unpaired) electrons. The van der Waals surface area contributed by atoms with Gasteiger partial charge in [-0.15, -0.1) is 0 Å². The minimum absolute atomic E-state index is 0.00845. The van der Waals surface area contributed by atoms with Crippen LogP contribution < -0.4 is 5.32 Å². The van der Waals surface area contributed by atoms with Gasteiger partial charge in [0, 0.05) is 30.3 Å². The summed E-state index contributed by atoms with van der Waals surface area (Å²) >= 11 is 0. The van der Waals surface area contributed by atoms with E-state index in [9.17, 15) is 14.9 Å². The van der Waals surface area contributed by atoms with Crippen LogP contribution in [0.1, 0.15) is 12.8 Å². The van der Waals surface area contributed by atoms with E-state index in [0.717, 1.165) is 19.4 Å². The zero-order valence-corrected chi connectivity index (χ0v) is 12.9. The van der Waals surface area contributed by atoms with Gasteiger partial charge in [0.15, 0.2) is 0 Å². The van der Waals surface area contributed by atoms with Crippen molar-refractivity contribution in [3.8, 4) is 0 Å². The first-order valence-electron chi connectivity index (χ1n) is 7.66. The molecule has 24 heavy (non-hydrogen) atoms. The Kier molecular flexibility index (Phi) is 4.97. The molecule has 1 unspecified atom stereocenters. The van der Waals surface area contributed by atoms with Crippen LogP contribution in [0, 0.1) is 10.1 Å². The molecule has 2 aromatic rings. The van der Waals surface area contributed by atoms with E-state index >= 15 is 0 Å². The lowest BCUT2D eigenvalue weighted by Gasteiger charge is -2.11. The number of carbonyl (C=O) groups excluding carboxylic acids is 1. The number of aromatic nitrogens is 1. The largest absolute Gasteiger partial charge is 0.376 e. The van der Waals surface area contributed by atoms with Crippen LogP contribution in [0.25, 0.3) is 10.8 Å². The van der Waals surface area contributed by atoms with Gasteiger partial charge in [0.2, 0.25) is 0 Å². The van der Waals surface area contributed by atoms with Crippen molar-refractivity contribution in [3.63, 3.8) is 0 Å². The lowest BCUT2D eigenvalue weighted by Crippen LogP contribution is -2.23. The van der Waals surface area contributed by atoms with Crippen LogP contribution >= 0.6 is 0 Å². The van der Waals surface area contributed by atoms with E-state index in [1.54, 1.807) is 12.1 Å². The molecule has 126 valence electrons. The van der Waals surface area contributed by atoms with Crippen molar-refractivity contribution in [2.45, 2.75) is 18.9 Å². The Hall–Kier alpha value is -2.58. The summed E-state index contributed by atoms with van der Waals surface area (Å²) in [5.41, 5.74) is -0.00845. The zero-order chi connectivity index (χ0) is 16.9. The average molecular weight is 331 g/mol. The average Bonchev–Trinajstić information content (AvgIpc) is 3.08. The number of amides is 1. The van der Waals surface area contributed by atoms with Crippen molar-refractivity contribution in [1.82, 2.24) is 4.98 Å². The number of ether oxygens (including phenoxy) is 2. The molecule has 8 heteroatoms. The smallest absolute Gasteiger partial charge is 0.270 e. The number of anilines is 1. The van der Waals surface area contributed by atoms with Crippen LogP contribution in [-0.4, -0.2) is 41.7 Å². The predicted molar refractivity (Wildman–Crippen MR) is 86.8 cm³/mol. The number of rotatable bonds is 6. The number of pyridine rings is 1. The fourth-order valence-electron chi connectivity index (χ4n) is 2.61. The molecule has 2 heterocycles. The van der Waals surface area contributed by atoms with E-state index in [1.165, 1.54) is 18.3 Å². The summed E-state index contributed by atoms with van der Waals surface area (Å²) < 4.78 is 10.8. The van der Waals surface area contributed by atoms with E-state index in [0.29, 0.717) is 23.2 Å². The SMILES string of the molecule is O=C(COCC1CCCO1)Nc1nccc2cc([N+](=O)[O-])ccc12. The standard InChI is InChI=1S/C16H17N3O5/c20-15(10-23-9-13-2-1-7-24-13)18-16-14-4-3-12(19(21)22)8-11(14)5-6-17-16/h3-6,8,13H,1-2,7,9-10H2,(H,17,18,20). The topological polar surface area (TPSA) is 104 Å². The second-order valence-corrected chi connectivity index (χ2v) is 5.52. The third-order valence-electron chi connectivity index (χ3n) is 3.78. The van der Waals surface area contributed by atoms with Gasteiger partial charge >= 0.3 is 0 Å². The minimum Gasteiger partial charge on any atom is -0.376 e. The first kappa shape index (κ1) is 16.3. The van der Waals surface area contributed by atoms with Crippen LogP contribution in [0.2, 0.25) is 0 Å². The molecule has 0 saturated carbocycles. The number of nitrogens with zero attached hydrogens (tertiary/aromatic N) is 2. The third kappa shape index (κ3) is 3.84. The molecule has 1 saturated heterocycles. The maximum absolute atomic E-state index is 12.0. The Morgan fingerprint density at radius 1 is 1.46 bits per heavy atom. The highest BCUT2D eigenvalue weighted by molar-refractivity contribution is 6.01. The first-order chi connectivity index (χ1) is 11.6. The summed E-state index contributed by atoms with van der Waals surface area (Å²) in [4.78, 5) is 26.5. The summed E-state index contributed by atoms with van der Waals surface area (Å²) in [5, 5.41) is 14.8. The van der Waals surface area contributed by atoms with Gasteiger partial charge < -0.3 is 14.8 Å². The predicted octanol–water partition coefficient (Wildman–Crippen LogP) is 2.28. The Morgan fingerprint density at radius 2 is 2.33 bits per heavy atom. The molecular weight excluding hydrogens is 314 g/mol. The summed E-state index contributed by atoms with van der Waals surface area (Å²) in [5.74, 6) is 0.0273. The molecular formula is C16H17N3O5. The van der Waals surface area contributed by atoms with Gasteiger partial charge in [0.25, 0.3) is 11.6 Å². The second-order valence-electron chi connectivity index (χ2n) is 5.52. The highest BCUT2D eigenvalue weighted by Crippen LogP contribution is 2.25. The number of hydrogen-bond donors (Lipinski definition) is 1. The number of nitro benzene ring substituents is 1. The lowest BCUT2D eigenvalue weighted by molar-refractivity contribution is -0.384. The molecule has 1 aliphatic heterocycles. The molecule has 0 bridgehead atoms. The maximum atomic E-state index is 12.0. The monoisotopic (exact) mass is 331 g/mol. The van der Waals surface area contributed by atoms with Crippen LogP contribution in [0.15, 0.2) is 30.5 Å². The van der Waals surface area contributed by atoms with Crippen molar-refractivity contribution in [1.29, 1.82) is 0 Å². The van der Waals surface area contributed by atoms with Crippen LogP contribution in [-0.2, 0) is 14.3 Å². The molecule has 0 aliphatic carbocycles. The number of nitrogens with one attached hydrogen (secondary N) is 1. The molecule has 0 spiro atoms. The number of carbonyl (C=O) groups is 1. The summed E-state index contributed by atoms with van der Waals surface area (Å²) in [6.07, 6.45) is 3.53.